The number of carbonyl (C=O) groups excluding carboxylic acids is 4. The van der Waals surface area contributed by atoms with Crippen LogP contribution in [-0.2, 0) is 65.4 Å². The Morgan fingerprint density at radius 3 is 0.784 bits per heavy atom. The van der Waals surface area contributed by atoms with E-state index in [4.69, 9.17) is 37.0 Å². The van der Waals surface area contributed by atoms with Gasteiger partial charge in [0.05, 0.1) is 26.4 Å². The number of rotatable bonds is 73. The van der Waals surface area contributed by atoms with Crippen LogP contribution in [0.3, 0.4) is 0 Å². The van der Waals surface area contributed by atoms with Crippen LogP contribution in [0.15, 0.2) is 134 Å². The summed E-state index contributed by atoms with van der Waals surface area (Å²) < 4.78 is 68.5. The Balaban J connectivity index is 5.40. The molecular weight excluding hydrogens is 1330 g/mol. The number of allylic oxidation sites excluding steroid dienone is 22. The highest BCUT2D eigenvalue weighted by molar-refractivity contribution is 7.47. The maximum atomic E-state index is 13.1. The van der Waals surface area contributed by atoms with Gasteiger partial charge in [0.25, 0.3) is 0 Å². The summed E-state index contributed by atoms with van der Waals surface area (Å²) in [5.41, 5.74) is 0. The van der Waals surface area contributed by atoms with Gasteiger partial charge in [-0.3, -0.25) is 37.3 Å². The topological polar surface area (TPSA) is 237 Å². The van der Waals surface area contributed by atoms with Gasteiger partial charge in [0, 0.05) is 25.7 Å². The third kappa shape index (κ3) is 73.5. The van der Waals surface area contributed by atoms with E-state index in [2.05, 4.69) is 161 Å². The molecule has 0 saturated carbocycles. The largest absolute Gasteiger partial charge is 0.472 e. The Hall–Kier alpha value is -4.80. The highest BCUT2D eigenvalue weighted by atomic mass is 31.2. The summed E-state index contributed by atoms with van der Waals surface area (Å²) in [6, 6.07) is 0. The Labute approximate surface area is 618 Å². The molecule has 0 aliphatic carbocycles. The maximum Gasteiger partial charge on any atom is 0.472 e. The van der Waals surface area contributed by atoms with E-state index in [0.29, 0.717) is 25.7 Å². The molecule has 17 nitrogen and oxygen atoms in total. The van der Waals surface area contributed by atoms with E-state index >= 15 is 0 Å². The molecule has 19 heteroatoms. The van der Waals surface area contributed by atoms with E-state index in [9.17, 15) is 43.2 Å². The number of hydrogen-bond donors (Lipinski definition) is 3. The first-order valence-corrected chi connectivity index (χ1v) is 42.4. The molecule has 3 N–H and O–H groups in total. The third-order valence-electron chi connectivity index (χ3n) is 16.1. The van der Waals surface area contributed by atoms with E-state index in [0.717, 1.165) is 180 Å². The lowest BCUT2D eigenvalue weighted by atomic mass is 10.0. The summed E-state index contributed by atoms with van der Waals surface area (Å²) in [5, 5.41) is 10.6. The second kappa shape index (κ2) is 74.5. The molecule has 0 amide bonds. The number of phosphoric ester groups is 2. The zero-order chi connectivity index (χ0) is 74.6. The minimum Gasteiger partial charge on any atom is -0.462 e. The fourth-order valence-electron chi connectivity index (χ4n) is 10.2. The van der Waals surface area contributed by atoms with Gasteiger partial charge in [0.15, 0.2) is 12.2 Å². The molecule has 0 bridgehead atoms. The molecule has 102 heavy (non-hydrogen) atoms. The smallest absolute Gasteiger partial charge is 0.462 e. The predicted octanol–water partition coefficient (Wildman–Crippen LogP) is 22.9. The Morgan fingerprint density at radius 2 is 0.510 bits per heavy atom. The summed E-state index contributed by atoms with van der Waals surface area (Å²) in [4.78, 5) is 73.0. The average molecular weight is 1470 g/mol. The number of aliphatic hydroxyl groups is 1. The van der Waals surface area contributed by atoms with Crippen molar-refractivity contribution in [1.29, 1.82) is 0 Å². The summed E-state index contributed by atoms with van der Waals surface area (Å²) >= 11 is 0. The fraction of sp³-hybridized carbons (Fsp3) is 0.687. The molecule has 5 unspecified atom stereocenters. The summed E-state index contributed by atoms with van der Waals surface area (Å²) in [6.07, 6.45) is 82.9. The molecule has 0 radical (unpaired) electrons. The number of phosphoric acid groups is 2. The first-order chi connectivity index (χ1) is 49.7. The van der Waals surface area contributed by atoms with E-state index in [1.807, 2.05) is 0 Å². The average Bonchev–Trinajstić information content (AvgIpc) is 0.939. The van der Waals surface area contributed by atoms with E-state index < -0.39 is 97.5 Å². The fourth-order valence-corrected chi connectivity index (χ4v) is 11.8. The molecule has 0 aliphatic rings. The van der Waals surface area contributed by atoms with Crippen molar-refractivity contribution in [3.05, 3.63) is 134 Å². The summed E-state index contributed by atoms with van der Waals surface area (Å²) in [6.45, 7) is 4.47. The minimum absolute atomic E-state index is 0.0665. The molecule has 0 saturated heterocycles. The lowest BCUT2D eigenvalue weighted by Gasteiger charge is -2.21. The van der Waals surface area contributed by atoms with Crippen molar-refractivity contribution in [1.82, 2.24) is 0 Å². The zero-order valence-electron chi connectivity index (χ0n) is 63.7. The maximum absolute atomic E-state index is 13.1. The number of aliphatic hydroxyl groups excluding tert-OH is 1. The molecular formula is C83H140O17P2. The number of hydrogen-bond acceptors (Lipinski definition) is 15. The van der Waals surface area contributed by atoms with Crippen LogP contribution >= 0.6 is 15.6 Å². The van der Waals surface area contributed by atoms with Gasteiger partial charge in [-0.1, -0.05) is 283 Å². The quantitative estimate of drug-likeness (QED) is 0.0169. The van der Waals surface area contributed by atoms with Crippen molar-refractivity contribution in [2.75, 3.05) is 39.6 Å². The van der Waals surface area contributed by atoms with Crippen molar-refractivity contribution >= 4 is 39.5 Å². The van der Waals surface area contributed by atoms with Gasteiger partial charge in [0.2, 0.25) is 0 Å². The standard InChI is InChI=1S/C83H140O17P2/c1-5-9-13-17-21-25-29-33-36-38-41-44-47-51-55-59-63-67-80(85)93-73-78(99-82(87)69-65-61-57-53-49-43-32-28-24-20-16-12-8-4)75-97-101(89,90)95-71-77(84)72-96-102(91,92)98-76-79(100-83(88)70-66-62-58-54-50-46-40-35-31-27-23-19-15-11-7-3)74-94-81(86)68-64-60-56-52-48-45-42-39-37-34-30-26-22-18-14-10-6-2/h9-11,13-15,21-23,25-27,33-37,40-42,44-45,77-79,84H,5-8,12,16-20,24,28-32,38-39,43,46-76H2,1-4H3,(H,89,90)(H,91,92)/b13-9-,14-10-,15-11-,25-21-,26-22-,27-23-,36-33-,37-34-,40-35-,44-41-,45-42-. The minimum atomic E-state index is -4.99. The zero-order valence-corrected chi connectivity index (χ0v) is 65.5. The van der Waals surface area contributed by atoms with Gasteiger partial charge in [-0.15, -0.1) is 0 Å². The van der Waals surface area contributed by atoms with Crippen LogP contribution in [0.4, 0.5) is 0 Å². The highest BCUT2D eigenvalue weighted by Gasteiger charge is 2.30. The number of carbonyl (C=O) groups is 4. The van der Waals surface area contributed by atoms with E-state index in [-0.39, 0.29) is 25.7 Å². The van der Waals surface area contributed by atoms with Crippen molar-refractivity contribution < 1.29 is 80.2 Å². The van der Waals surface area contributed by atoms with E-state index in [1.54, 1.807) is 0 Å². The molecule has 5 atom stereocenters. The highest BCUT2D eigenvalue weighted by Crippen LogP contribution is 2.45. The lowest BCUT2D eigenvalue weighted by molar-refractivity contribution is -0.161. The van der Waals surface area contributed by atoms with Crippen molar-refractivity contribution in [3.63, 3.8) is 0 Å². The normalized spacial score (nSPS) is 14.6. The summed E-state index contributed by atoms with van der Waals surface area (Å²) in [5.74, 6) is -2.24. The van der Waals surface area contributed by atoms with Crippen LogP contribution in [0, 0.1) is 0 Å². The molecule has 0 spiro atoms. The van der Waals surface area contributed by atoms with Crippen molar-refractivity contribution in [2.24, 2.45) is 0 Å². The lowest BCUT2D eigenvalue weighted by Crippen LogP contribution is -2.30. The van der Waals surface area contributed by atoms with Crippen LogP contribution < -0.4 is 0 Å². The molecule has 0 aliphatic heterocycles. The van der Waals surface area contributed by atoms with Crippen molar-refractivity contribution in [2.45, 2.75) is 329 Å². The number of ether oxygens (including phenoxy) is 4. The van der Waals surface area contributed by atoms with Gasteiger partial charge in [0.1, 0.15) is 19.3 Å². The van der Waals surface area contributed by atoms with Gasteiger partial charge in [-0.2, -0.15) is 0 Å². The van der Waals surface area contributed by atoms with Crippen LogP contribution in [-0.4, -0.2) is 96.7 Å². The molecule has 0 aromatic heterocycles. The van der Waals surface area contributed by atoms with Crippen LogP contribution in [0.5, 0.6) is 0 Å². The summed E-state index contributed by atoms with van der Waals surface area (Å²) in [7, 11) is -9.98. The molecule has 0 fully saturated rings. The first kappa shape index (κ1) is 97.2. The predicted molar refractivity (Wildman–Crippen MR) is 418 cm³/mol. The molecule has 0 aromatic carbocycles. The second-order valence-electron chi connectivity index (χ2n) is 25.9. The van der Waals surface area contributed by atoms with Gasteiger partial charge < -0.3 is 33.8 Å². The molecule has 0 aromatic rings. The van der Waals surface area contributed by atoms with Gasteiger partial charge in [-0.25, -0.2) is 9.13 Å². The molecule has 0 heterocycles. The van der Waals surface area contributed by atoms with Crippen molar-refractivity contribution in [3.8, 4) is 0 Å². The molecule has 0 rings (SSSR count). The third-order valence-corrected chi connectivity index (χ3v) is 18.0. The van der Waals surface area contributed by atoms with Crippen LogP contribution in [0.1, 0.15) is 310 Å². The van der Waals surface area contributed by atoms with Gasteiger partial charge >= 0.3 is 39.5 Å². The monoisotopic (exact) mass is 1470 g/mol. The van der Waals surface area contributed by atoms with Crippen LogP contribution in [0.25, 0.3) is 0 Å². The number of esters is 4. The first-order valence-electron chi connectivity index (χ1n) is 39.4. The van der Waals surface area contributed by atoms with E-state index in [1.165, 1.54) is 51.4 Å². The SMILES string of the molecule is CC/C=C\C/C=C\C/C=C\C/C=C\CCCCCCC(=O)OCC(COP(=O)(O)OCC(O)COP(=O)(O)OCC(COC(=O)CCCCCC/C=C\C/C=C\C/C=C\C/C=C\CC)OC(=O)CCCCCCCCCCCCCCC)OC(=O)CCCCCCC/C=C\C/C=C\C/C=C\CC. The Kier molecular flexibility index (Phi) is 71.0. The number of unbranched alkanes of at least 4 members (excludes halogenated alkanes) is 25. The molecule has 584 valence electrons. The second-order valence-corrected chi connectivity index (χ2v) is 28.8. The Morgan fingerprint density at radius 1 is 0.284 bits per heavy atom. The Bertz CT molecular complexity index is 2460. The van der Waals surface area contributed by atoms with Crippen LogP contribution in [0.2, 0.25) is 0 Å². The van der Waals surface area contributed by atoms with Gasteiger partial charge in [-0.05, 0) is 135 Å².